The van der Waals surface area contributed by atoms with Crippen molar-refractivity contribution in [3.63, 3.8) is 0 Å². The third kappa shape index (κ3) is 3.62. The van der Waals surface area contributed by atoms with Gasteiger partial charge in [0.25, 0.3) is 0 Å². The standard InChI is InChI=1S/C18H19FN4O3.C2H6/c1-9-5-11-13(23(9)22)3-4-15(18(11)19)26-17(8-20)10-6-16(25-2)14(24)7-12(10)21;1-2/h3-8,24H,20-22H2,1-2H3;1-2H3/b17-8+;. The molecule has 0 atom stereocenters. The number of nitrogens with zero attached hydrogens (tertiary/aromatic N) is 1. The molecule has 0 aliphatic rings. The molecule has 1 aromatic heterocycles. The molecule has 28 heavy (non-hydrogen) atoms. The first-order valence-corrected chi connectivity index (χ1v) is 8.69. The number of phenolic OH excluding ortho intramolecular Hbond substituents is 1. The lowest BCUT2D eigenvalue weighted by Crippen LogP contribution is -2.09. The van der Waals surface area contributed by atoms with Gasteiger partial charge in [0, 0.05) is 34.6 Å². The zero-order valence-electron chi connectivity index (χ0n) is 16.3. The van der Waals surface area contributed by atoms with Crippen LogP contribution in [-0.2, 0) is 0 Å². The molecule has 0 spiro atoms. The number of nitrogens with two attached hydrogens (primary N) is 3. The van der Waals surface area contributed by atoms with Gasteiger partial charge in [0.1, 0.15) is 0 Å². The smallest absolute Gasteiger partial charge is 0.175 e. The average Bonchev–Trinajstić information content (AvgIpc) is 2.99. The molecule has 7 N–H and O–H groups in total. The third-order valence-corrected chi connectivity index (χ3v) is 4.10. The SMILES string of the molecule is CC.COc1cc(/C(=C\N)Oc2ccc3c(cc(C)n3N)c2F)c(N)cc1O. The quantitative estimate of drug-likeness (QED) is 0.308. The van der Waals surface area contributed by atoms with E-state index in [1.165, 1.54) is 30.0 Å². The van der Waals surface area contributed by atoms with Crippen molar-refractivity contribution in [1.29, 1.82) is 0 Å². The number of fused-ring (bicyclic) bond motifs is 1. The fourth-order valence-corrected chi connectivity index (χ4v) is 2.72. The minimum Gasteiger partial charge on any atom is -0.504 e. The second-order valence-corrected chi connectivity index (χ2v) is 5.71. The fourth-order valence-electron chi connectivity index (χ4n) is 2.72. The summed E-state index contributed by atoms with van der Waals surface area (Å²) in [5, 5.41) is 10.1. The van der Waals surface area contributed by atoms with E-state index in [1.54, 1.807) is 19.1 Å². The van der Waals surface area contributed by atoms with E-state index >= 15 is 0 Å². The number of ether oxygens (including phenoxy) is 2. The van der Waals surface area contributed by atoms with Gasteiger partial charge in [-0.05, 0) is 31.2 Å². The fraction of sp³-hybridized carbons (Fsp3) is 0.200. The Morgan fingerprint density at radius 3 is 2.46 bits per heavy atom. The minimum atomic E-state index is -0.571. The molecule has 8 heteroatoms. The van der Waals surface area contributed by atoms with Gasteiger partial charge in [-0.15, -0.1) is 0 Å². The molecule has 0 aliphatic heterocycles. The molecule has 0 saturated heterocycles. The summed E-state index contributed by atoms with van der Waals surface area (Å²) < 4.78 is 26.9. The van der Waals surface area contributed by atoms with E-state index in [0.29, 0.717) is 22.2 Å². The van der Waals surface area contributed by atoms with Gasteiger partial charge in [0.15, 0.2) is 28.8 Å². The van der Waals surface area contributed by atoms with Crippen molar-refractivity contribution in [3.05, 3.63) is 53.6 Å². The molecule has 0 bridgehead atoms. The number of nitrogen functional groups attached to an aromatic ring is 2. The van der Waals surface area contributed by atoms with Crippen molar-refractivity contribution in [3.8, 4) is 17.2 Å². The molecular weight excluding hydrogens is 363 g/mol. The summed E-state index contributed by atoms with van der Waals surface area (Å²) in [4.78, 5) is 0. The van der Waals surface area contributed by atoms with Gasteiger partial charge in [-0.25, -0.2) is 4.39 Å². The lowest BCUT2D eigenvalue weighted by Gasteiger charge is -2.15. The van der Waals surface area contributed by atoms with Gasteiger partial charge in [0.05, 0.1) is 12.6 Å². The maximum absolute atomic E-state index is 14.8. The highest BCUT2D eigenvalue weighted by molar-refractivity contribution is 5.84. The maximum atomic E-state index is 14.8. The van der Waals surface area contributed by atoms with E-state index < -0.39 is 5.82 Å². The first-order valence-electron chi connectivity index (χ1n) is 8.69. The number of aryl methyl sites for hydroxylation is 1. The van der Waals surface area contributed by atoms with Gasteiger partial charge in [0.2, 0.25) is 0 Å². The van der Waals surface area contributed by atoms with E-state index in [2.05, 4.69) is 0 Å². The van der Waals surface area contributed by atoms with Crippen LogP contribution in [0.25, 0.3) is 16.7 Å². The number of anilines is 1. The highest BCUT2D eigenvalue weighted by Gasteiger charge is 2.18. The zero-order valence-corrected chi connectivity index (χ0v) is 16.3. The van der Waals surface area contributed by atoms with Gasteiger partial charge >= 0.3 is 0 Å². The molecule has 0 aliphatic carbocycles. The van der Waals surface area contributed by atoms with Crippen LogP contribution in [-0.4, -0.2) is 16.9 Å². The minimum absolute atomic E-state index is 0.0359. The van der Waals surface area contributed by atoms with Crippen LogP contribution in [0.2, 0.25) is 0 Å². The predicted octanol–water partition coefficient (Wildman–Crippen LogP) is 3.46. The Balaban J connectivity index is 0.00000136. The number of hydrogen-bond acceptors (Lipinski definition) is 6. The van der Waals surface area contributed by atoms with Crippen molar-refractivity contribution in [2.75, 3.05) is 18.7 Å². The Kier molecular flexibility index (Phi) is 6.25. The number of phenols is 1. The Morgan fingerprint density at radius 2 is 1.86 bits per heavy atom. The number of aromatic nitrogens is 1. The van der Waals surface area contributed by atoms with Gasteiger partial charge in [-0.2, -0.15) is 0 Å². The number of methoxy groups -OCH3 is 1. The molecule has 150 valence electrons. The van der Waals surface area contributed by atoms with Crippen molar-refractivity contribution in [2.24, 2.45) is 5.73 Å². The third-order valence-electron chi connectivity index (χ3n) is 4.10. The van der Waals surface area contributed by atoms with E-state index in [9.17, 15) is 9.50 Å². The van der Waals surface area contributed by atoms with E-state index in [0.717, 1.165) is 6.20 Å². The number of rotatable bonds is 4. The van der Waals surface area contributed by atoms with Crippen molar-refractivity contribution < 1.29 is 19.0 Å². The maximum Gasteiger partial charge on any atom is 0.175 e. The summed E-state index contributed by atoms with van der Waals surface area (Å²) in [6, 6.07) is 7.49. The molecule has 0 saturated carbocycles. The summed E-state index contributed by atoms with van der Waals surface area (Å²) >= 11 is 0. The second-order valence-electron chi connectivity index (χ2n) is 5.71. The summed E-state index contributed by atoms with van der Waals surface area (Å²) in [5.74, 6) is 5.43. The molecule has 1 heterocycles. The number of benzene rings is 2. The molecule has 0 unspecified atom stereocenters. The van der Waals surface area contributed by atoms with Crippen LogP contribution in [0.1, 0.15) is 25.1 Å². The van der Waals surface area contributed by atoms with Crippen LogP contribution in [0.4, 0.5) is 10.1 Å². The molecule has 0 amide bonds. The highest BCUT2D eigenvalue weighted by atomic mass is 19.1. The zero-order chi connectivity index (χ0) is 21.0. The first-order chi connectivity index (χ1) is 13.4. The predicted molar refractivity (Wildman–Crippen MR) is 110 cm³/mol. The van der Waals surface area contributed by atoms with E-state index in [1.807, 2.05) is 13.8 Å². The summed E-state index contributed by atoms with van der Waals surface area (Å²) in [6.45, 7) is 5.77. The molecule has 3 rings (SSSR count). The van der Waals surface area contributed by atoms with Crippen LogP contribution >= 0.6 is 0 Å². The van der Waals surface area contributed by atoms with Crippen LogP contribution in [0.15, 0.2) is 36.5 Å². The number of hydrogen-bond donors (Lipinski definition) is 4. The topological polar surface area (TPSA) is 122 Å². The van der Waals surface area contributed by atoms with Gasteiger partial charge in [-0.3, -0.25) is 4.68 Å². The largest absolute Gasteiger partial charge is 0.504 e. The Morgan fingerprint density at radius 1 is 1.18 bits per heavy atom. The van der Waals surface area contributed by atoms with Crippen molar-refractivity contribution >= 4 is 22.3 Å². The Labute approximate surface area is 162 Å². The van der Waals surface area contributed by atoms with Gasteiger partial charge in [-0.1, -0.05) is 13.8 Å². The lowest BCUT2D eigenvalue weighted by atomic mass is 10.1. The van der Waals surface area contributed by atoms with Crippen molar-refractivity contribution in [1.82, 2.24) is 4.68 Å². The second kappa shape index (κ2) is 8.43. The first kappa shape index (κ1) is 20.8. The Bertz CT molecular complexity index is 1030. The highest BCUT2D eigenvalue weighted by Crippen LogP contribution is 2.36. The molecule has 0 fully saturated rings. The summed E-state index contributed by atoms with van der Waals surface area (Å²) in [6.07, 6.45) is 1.16. The average molecular weight is 388 g/mol. The van der Waals surface area contributed by atoms with Gasteiger partial charge < -0.3 is 31.9 Å². The van der Waals surface area contributed by atoms with E-state index in [4.69, 9.17) is 26.8 Å². The molecule has 7 nitrogen and oxygen atoms in total. The molecule has 0 radical (unpaired) electrons. The van der Waals surface area contributed by atoms with E-state index in [-0.39, 0.29) is 28.7 Å². The molecule has 2 aromatic carbocycles. The lowest BCUT2D eigenvalue weighted by molar-refractivity contribution is 0.373. The Hall–Kier alpha value is -3.55. The van der Waals surface area contributed by atoms with Crippen LogP contribution in [0.3, 0.4) is 0 Å². The van der Waals surface area contributed by atoms with Crippen LogP contribution in [0, 0.1) is 12.7 Å². The number of aromatic hydroxyl groups is 1. The normalized spacial score (nSPS) is 11.1. The summed E-state index contributed by atoms with van der Waals surface area (Å²) in [5.41, 5.74) is 13.4. The summed E-state index contributed by atoms with van der Waals surface area (Å²) in [7, 11) is 1.40. The number of halogens is 1. The monoisotopic (exact) mass is 388 g/mol. The van der Waals surface area contributed by atoms with Crippen LogP contribution in [0.5, 0.6) is 17.2 Å². The van der Waals surface area contributed by atoms with Crippen LogP contribution < -0.4 is 26.8 Å². The van der Waals surface area contributed by atoms with Crippen molar-refractivity contribution in [2.45, 2.75) is 20.8 Å². The molecule has 3 aromatic rings. The molecular formula is C20H25FN4O3.